The van der Waals surface area contributed by atoms with Gasteiger partial charge in [-0.3, -0.25) is 9.56 Å². The molecule has 1 fully saturated rings. The van der Waals surface area contributed by atoms with Gasteiger partial charge >= 0.3 is 0 Å². The maximum Gasteiger partial charge on any atom is 0.194 e. The van der Waals surface area contributed by atoms with Gasteiger partial charge in [-0.2, -0.15) is 0 Å². The highest BCUT2D eigenvalue weighted by Gasteiger charge is 2.21. The molecule has 0 amide bonds. The zero-order chi connectivity index (χ0) is 20.9. The molecule has 0 bridgehead atoms. The Morgan fingerprint density at radius 3 is 2.53 bits per heavy atom. The number of para-hydroxylation sites is 1. The lowest BCUT2D eigenvalue weighted by Gasteiger charge is -2.37. The number of hydrogen-bond donors (Lipinski definition) is 1. The summed E-state index contributed by atoms with van der Waals surface area (Å²) >= 11 is 0. The lowest BCUT2D eigenvalue weighted by molar-refractivity contribution is 0.370. The summed E-state index contributed by atoms with van der Waals surface area (Å²) in [6.07, 6.45) is 5.53. The van der Waals surface area contributed by atoms with Crippen molar-refractivity contribution in [2.45, 2.75) is 13.5 Å². The molecule has 7 nitrogen and oxygen atoms in total. The normalized spacial score (nSPS) is 14.8. The smallest absolute Gasteiger partial charge is 0.194 e. The van der Waals surface area contributed by atoms with Crippen molar-refractivity contribution in [3.8, 4) is 5.82 Å². The first-order valence-electron chi connectivity index (χ1n) is 10.1. The summed E-state index contributed by atoms with van der Waals surface area (Å²) in [4.78, 5) is 17.5. The maximum atomic E-state index is 14.0. The average molecular weight is 407 g/mol. The third kappa shape index (κ3) is 4.27. The van der Waals surface area contributed by atoms with Crippen LogP contribution in [0, 0.1) is 12.7 Å². The summed E-state index contributed by atoms with van der Waals surface area (Å²) in [7, 11) is 1.79. The molecule has 1 aliphatic rings. The van der Waals surface area contributed by atoms with Crippen molar-refractivity contribution >= 4 is 11.6 Å². The van der Waals surface area contributed by atoms with Crippen LogP contribution in [0.3, 0.4) is 0 Å². The quantitative estimate of drug-likeness (QED) is 0.532. The number of nitrogens with zero attached hydrogens (tertiary/aromatic N) is 6. The van der Waals surface area contributed by atoms with Gasteiger partial charge in [0.2, 0.25) is 0 Å². The highest BCUT2D eigenvalue weighted by molar-refractivity contribution is 5.80. The average Bonchev–Trinajstić information content (AvgIpc) is 3.21. The van der Waals surface area contributed by atoms with E-state index in [9.17, 15) is 4.39 Å². The van der Waals surface area contributed by atoms with E-state index in [0.717, 1.165) is 49.3 Å². The second-order valence-corrected chi connectivity index (χ2v) is 7.20. The van der Waals surface area contributed by atoms with Crippen LogP contribution < -0.4 is 10.2 Å². The molecule has 0 spiro atoms. The largest absolute Gasteiger partial charge is 0.366 e. The van der Waals surface area contributed by atoms with Crippen LogP contribution in [0.5, 0.6) is 0 Å². The Morgan fingerprint density at radius 2 is 1.90 bits per heavy atom. The van der Waals surface area contributed by atoms with Crippen molar-refractivity contribution in [1.82, 2.24) is 24.8 Å². The minimum Gasteiger partial charge on any atom is -0.366 e. The molecule has 1 saturated heterocycles. The molecule has 2 aromatic heterocycles. The van der Waals surface area contributed by atoms with E-state index in [1.807, 2.05) is 42.1 Å². The van der Waals surface area contributed by atoms with Gasteiger partial charge in [0.05, 0.1) is 5.69 Å². The molecule has 30 heavy (non-hydrogen) atoms. The standard InChI is InChI=1S/C22H26FN7/c1-17-25-9-10-30(17)21-8-7-18(15-26-21)16-27-22(24-2)29-13-11-28(12-14-29)20-6-4-3-5-19(20)23/h3-10,15H,11-14,16H2,1-2H3,(H,24,27). The fourth-order valence-corrected chi connectivity index (χ4v) is 3.66. The third-order valence-electron chi connectivity index (χ3n) is 5.32. The van der Waals surface area contributed by atoms with Crippen molar-refractivity contribution in [1.29, 1.82) is 0 Å². The van der Waals surface area contributed by atoms with E-state index in [2.05, 4.69) is 36.1 Å². The number of pyridine rings is 1. The van der Waals surface area contributed by atoms with Gasteiger partial charge in [0.15, 0.2) is 5.96 Å². The maximum absolute atomic E-state index is 14.0. The molecule has 8 heteroatoms. The molecule has 4 rings (SSSR count). The third-order valence-corrected chi connectivity index (χ3v) is 5.32. The zero-order valence-electron chi connectivity index (χ0n) is 17.3. The Hall–Kier alpha value is -3.42. The van der Waals surface area contributed by atoms with E-state index in [1.54, 1.807) is 19.3 Å². The van der Waals surface area contributed by atoms with E-state index in [-0.39, 0.29) is 5.82 Å². The molecule has 156 valence electrons. The van der Waals surface area contributed by atoms with Crippen LogP contribution in [-0.4, -0.2) is 58.6 Å². The summed E-state index contributed by atoms with van der Waals surface area (Å²) < 4.78 is 16.0. The molecule has 0 aliphatic carbocycles. The van der Waals surface area contributed by atoms with Crippen molar-refractivity contribution in [2.75, 3.05) is 38.1 Å². The Balaban J connectivity index is 1.32. The molecule has 0 atom stereocenters. The van der Waals surface area contributed by atoms with Gasteiger partial charge < -0.3 is 15.1 Å². The van der Waals surface area contributed by atoms with Crippen LogP contribution in [-0.2, 0) is 6.54 Å². The van der Waals surface area contributed by atoms with E-state index in [0.29, 0.717) is 12.2 Å². The fraction of sp³-hybridized carbons (Fsp3) is 0.318. The molecular formula is C22H26FN7. The van der Waals surface area contributed by atoms with Crippen molar-refractivity contribution < 1.29 is 4.39 Å². The van der Waals surface area contributed by atoms with Gasteiger partial charge in [0.1, 0.15) is 17.5 Å². The van der Waals surface area contributed by atoms with Crippen LogP contribution in [0.1, 0.15) is 11.4 Å². The zero-order valence-corrected chi connectivity index (χ0v) is 17.3. The van der Waals surface area contributed by atoms with Crippen LogP contribution in [0.25, 0.3) is 5.82 Å². The van der Waals surface area contributed by atoms with Gasteiger partial charge in [-0.25, -0.2) is 14.4 Å². The molecule has 0 saturated carbocycles. The predicted molar refractivity (Wildman–Crippen MR) is 116 cm³/mol. The number of aromatic nitrogens is 3. The number of imidazole rings is 1. The second-order valence-electron chi connectivity index (χ2n) is 7.20. The number of benzene rings is 1. The molecule has 3 heterocycles. The molecule has 1 N–H and O–H groups in total. The molecule has 1 aromatic carbocycles. The monoisotopic (exact) mass is 407 g/mol. The Labute approximate surface area is 175 Å². The molecule has 1 aliphatic heterocycles. The van der Waals surface area contributed by atoms with Crippen LogP contribution in [0.15, 0.2) is 60.0 Å². The predicted octanol–water partition coefficient (Wildman–Crippen LogP) is 2.61. The highest BCUT2D eigenvalue weighted by Crippen LogP contribution is 2.20. The van der Waals surface area contributed by atoms with E-state index in [4.69, 9.17) is 0 Å². The molecule has 3 aromatic rings. The van der Waals surface area contributed by atoms with E-state index in [1.165, 1.54) is 6.07 Å². The van der Waals surface area contributed by atoms with Gasteiger partial charge in [-0.05, 0) is 30.7 Å². The lowest BCUT2D eigenvalue weighted by atomic mass is 10.2. The number of guanidine groups is 1. The number of rotatable bonds is 4. The van der Waals surface area contributed by atoms with Gasteiger partial charge in [-0.15, -0.1) is 0 Å². The Bertz CT molecular complexity index is 1000. The minimum absolute atomic E-state index is 0.171. The highest BCUT2D eigenvalue weighted by atomic mass is 19.1. The number of halogens is 1. The second kappa shape index (κ2) is 8.94. The molecular weight excluding hydrogens is 381 g/mol. The van der Waals surface area contributed by atoms with Crippen molar-refractivity contribution in [3.63, 3.8) is 0 Å². The fourth-order valence-electron chi connectivity index (χ4n) is 3.66. The summed E-state index contributed by atoms with van der Waals surface area (Å²) in [5.41, 5.74) is 1.74. The minimum atomic E-state index is -0.171. The van der Waals surface area contributed by atoms with E-state index < -0.39 is 0 Å². The van der Waals surface area contributed by atoms with E-state index >= 15 is 0 Å². The first kappa shape index (κ1) is 19.9. The summed E-state index contributed by atoms with van der Waals surface area (Å²) in [6, 6.07) is 11.0. The summed E-state index contributed by atoms with van der Waals surface area (Å²) in [5, 5.41) is 3.41. The number of anilines is 1. The lowest BCUT2D eigenvalue weighted by Crippen LogP contribution is -2.52. The summed E-state index contributed by atoms with van der Waals surface area (Å²) in [5.74, 6) is 2.43. The van der Waals surface area contributed by atoms with Crippen molar-refractivity contribution in [2.24, 2.45) is 4.99 Å². The van der Waals surface area contributed by atoms with Gasteiger partial charge in [0.25, 0.3) is 0 Å². The Morgan fingerprint density at radius 1 is 1.10 bits per heavy atom. The number of piperazine rings is 1. The SMILES string of the molecule is CN=C(NCc1ccc(-n2ccnc2C)nc1)N1CCN(c2ccccc2F)CC1. The van der Waals surface area contributed by atoms with Crippen LogP contribution in [0.4, 0.5) is 10.1 Å². The molecule has 0 unspecified atom stereocenters. The van der Waals surface area contributed by atoms with Crippen LogP contribution >= 0.6 is 0 Å². The molecule has 0 radical (unpaired) electrons. The van der Waals surface area contributed by atoms with Crippen LogP contribution in [0.2, 0.25) is 0 Å². The number of aryl methyl sites for hydroxylation is 1. The first-order chi connectivity index (χ1) is 14.7. The summed E-state index contributed by atoms with van der Waals surface area (Å²) in [6.45, 7) is 5.66. The number of hydrogen-bond acceptors (Lipinski definition) is 4. The number of aliphatic imine (C=N–C) groups is 1. The van der Waals surface area contributed by atoms with Gasteiger partial charge in [0, 0.05) is 58.4 Å². The van der Waals surface area contributed by atoms with Gasteiger partial charge in [-0.1, -0.05) is 18.2 Å². The Kier molecular flexibility index (Phi) is 5.92. The topological polar surface area (TPSA) is 61.6 Å². The number of nitrogens with one attached hydrogen (secondary N) is 1. The van der Waals surface area contributed by atoms with Crippen molar-refractivity contribution in [3.05, 3.63) is 72.2 Å². The first-order valence-corrected chi connectivity index (χ1v) is 10.1.